The molecule has 5 heteroatoms. The van der Waals surface area contributed by atoms with E-state index in [1.807, 2.05) is 7.05 Å². The second-order valence-corrected chi connectivity index (χ2v) is 4.68. The molecule has 0 aromatic heterocycles. The summed E-state index contributed by atoms with van der Waals surface area (Å²) in [5.74, 6) is 0. The van der Waals surface area contributed by atoms with Crippen LogP contribution in [0.15, 0.2) is 5.10 Å². The Labute approximate surface area is 93.4 Å². The molecule has 2 aliphatic rings. The van der Waals surface area contributed by atoms with E-state index in [2.05, 4.69) is 36.3 Å². The number of hydrazone groups is 1. The molecule has 1 fully saturated rings. The van der Waals surface area contributed by atoms with Crippen molar-refractivity contribution < 1.29 is 0 Å². The summed E-state index contributed by atoms with van der Waals surface area (Å²) in [5.41, 5.74) is 0. The van der Waals surface area contributed by atoms with Crippen LogP contribution in [0, 0.1) is 0 Å². The van der Waals surface area contributed by atoms with E-state index in [0.29, 0.717) is 6.17 Å². The van der Waals surface area contributed by atoms with Crippen LogP contribution < -0.4 is 5.32 Å². The Balaban J connectivity index is 1.94. The van der Waals surface area contributed by atoms with Gasteiger partial charge < -0.3 is 4.90 Å². The summed E-state index contributed by atoms with van der Waals surface area (Å²) >= 11 is 3.44. The quantitative estimate of drug-likeness (QED) is 0.723. The lowest BCUT2D eigenvalue weighted by atomic mass is 10.2. The Morgan fingerprint density at radius 1 is 1.43 bits per heavy atom. The number of amidine groups is 1. The van der Waals surface area contributed by atoms with Crippen LogP contribution in [0.2, 0.25) is 0 Å². The Hall–Kier alpha value is -0.290. The molecular weight excluding hydrogens is 244 g/mol. The Bertz CT molecular complexity index is 223. The van der Waals surface area contributed by atoms with Gasteiger partial charge in [-0.05, 0) is 41.7 Å². The molecule has 1 unspecified atom stereocenters. The molecule has 1 N–H and O–H groups in total. The predicted molar refractivity (Wildman–Crippen MR) is 61.1 cm³/mol. The van der Waals surface area contributed by atoms with Gasteiger partial charge in [-0.1, -0.05) is 6.42 Å². The molecule has 0 saturated carbocycles. The molecule has 2 rings (SSSR count). The summed E-state index contributed by atoms with van der Waals surface area (Å²) in [5, 5.41) is 10.1. The van der Waals surface area contributed by atoms with Gasteiger partial charge in [-0.25, -0.2) is 0 Å². The number of halogens is 1. The zero-order chi connectivity index (χ0) is 9.97. The molecule has 14 heavy (non-hydrogen) atoms. The molecule has 0 amide bonds. The molecule has 1 atom stereocenters. The highest BCUT2D eigenvalue weighted by Gasteiger charge is 2.24. The first-order valence-corrected chi connectivity index (χ1v) is 6.02. The lowest BCUT2D eigenvalue weighted by molar-refractivity contribution is 0.150. The molecule has 0 aromatic rings. The highest BCUT2D eigenvalue weighted by atomic mass is 79.9. The first kappa shape index (κ1) is 10.2. The Morgan fingerprint density at radius 3 is 3.00 bits per heavy atom. The van der Waals surface area contributed by atoms with Crippen molar-refractivity contribution in [1.82, 2.24) is 15.2 Å². The molecule has 4 nitrogen and oxygen atoms in total. The molecule has 0 bridgehead atoms. The van der Waals surface area contributed by atoms with Crippen LogP contribution in [-0.4, -0.2) is 41.1 Å². The van der Waals surface area contributed by atoms with Crippen LogP contribution in [-0.2, 0) is 0 Å². The van der Waals surface area contributed by atoms with Gasteiger partial charge in [0, 0.05) is 7.05 Å². The average Bonchev–Trinajstić information content (AvgIpc) is 2.46. The SMILES string of the molecule is CN1CN(C2CCCCCN2)N=C1Br. The van der Waals surface area contributed by atoms with Gasteiger partial charge in [0.1, 0.15) is 6.67 Å². The fourth-order valence-electron chi connectivity index (χ4n) is 1.92. The van der Waals surface area contributed by atoms with Crippen molar-refractivity contribution in [2.75, 3.05) is 20.3 Å². The third-order valence-electron chi connectivity index (χ3n) is 2.78. The number of nitrogens with zero attached hydrogens (tertiary/aromatic N) is 3. The smallest absolute Gasteiger partial charge is 0.193 e. The topological polar surface area (TPSA) is 30.9 Å². The van der Waals surface area contributed by atoms with Crippen molar-refractivity contribution in [3.8, 4) is 0 Å². The Morgan fingerprint density at radius 2 is 2.29 bits per heavy atom. The highest BCUT2D eigenvalue weighted by Crippen LogP contribution is 2.17. The van der Waals surface area contributed by atoms with Gasteiger partial charge in [-0.2, -0.15) is 0 Å². The zero-order valence-electron chi connectivity index (χ0n) is 8.54. The van der Waals surface area contributed by atoms with E-state index < -0.39 is 0 Å². The van der Waals surface area contributed by atoms with Crippen LogP contribution in [0.1, 0.15) is 25.7 Å². The number of nitrogens with one attached hydrogen (secondary N) is 1. The highest BCUT2D eigenvalue weighted by molar-refractivity contribution is 9.18. The van der Waals surface area contributed by atoms with Gasteiger partial charge in [0.05, 0.1) is 6.17 Å². The number of hydrogen-bond donors (Lipinski definition) is 1. The molecule has 80 valence electrons. The van der Waals surface area contributed by atoms with Crippen molar-refractivity contribution in [3.63, 3.8) is 0 Å². The van der Waals surface area contributed by atoms with Gasteiger partial charge >= 0.3 is 0 Å². The zero-order valence-corrected chi connectivity index (χ0v) is 10.1. The number of hydrogen-bond acceptors (Lipinski definition) is 4. The molecule has 2 aliphatic heterocycles. The van der Waals surface area contributed by atoms with E-state index in [-0.39, 0.29) is 0 Å². The van der Waals surface area contributed by atoms with Crippen LogP contribution in [0.4, 0.5) is 0 Å². The van der Waals surface area contributed by atoms with Gasteiger partial charge in [0.25, 0.3) is 0 Å². The molecule has 2 heterocycles. The summed E-state index contributed by atoms with van der Waals surface area (Å²) in [4.78, 5) is 2.10. The third-order valence-corrected chi connectivity index (χ3v) is 3.54. The van der Waals surface area contributed by atoms with Crippen molar-refractivity contribution in [2.45, 2.75) is 31.8 Å². The lowest BCUT2D eigenvalue weighted by Crippen LogP contribution is -2.43. The largest absolute Gasteiger partial charge is 0.333 e. The maximum atomic E-state index is 4.46. The maximum Gasteiger partial charge on any atom is 0.193 e. The van der Waals surface area contributed by atoms with E-state index in [4.69, 9.17) is 0 Å². The second kappa shape index (κ2) is 4.49. The lowest BCUT2D eigenvalue weighted by Gasteiger charge is -2.26. The fourth-order valence-corrected chi connectivity index (χ4v) is 2.24. The fraction of sp³-hybridized carbons (Fsp3) is 0.889. The van der Waals surface area contributed by atoms with E-state index in [1.165, 1.54) is 25.7 Å². The van der Waals surface area contributed by atoms with Gasteiger partial charge in [-0.3, -0.25) is 10.3 Å². The molecule has 0 aromatic carbocycles. The van der Waals surface area contributed by atoms with Crippen LogP contribution in [0.5, 0.6) is 0 Å². The molecule has 0 spiro atoms. The van der Waals surface area contributed by atoms with E-state index in [1.54, 1.807) is 0 Å². The van der Waals surface area contributed by atoms with Gasteiger partial charge in [0.2, 0.25) is 0 Å². The summed E-state index contributed by atoms with van der Waals surface area (Å²) in [7, 11) is 2.05. The summed E-state index contributed by atoms with van der Waals surface area (Å²) < 4.78 is 0.934. The summed E-state index contributed by atoms with van der Waals surface area (Å²) in [6, 6.07) is 0. The van der Waals surface area contributed by atoms with E-state index in [9.17, 15) is 0 Å². The minimum absolute atomic E-state index is 0.426. The van der Waals surface area contributed by atoms with Crippen molar-refractivity contribution in [2.24, 2.45) is 5.10 Å². The maximum absolute atomic E-state index is 4.46. The first-order valence-electron chi connectivity index (χ1n) is 5.22. The van der Waals surface area contributed by atoms with Crippen LogP contribution in [0.25, 0.3) is 0 Å². The monoisotopic (exact) mass is 260 g/mol. The minimum atomic E-state index is 0.426. The normalized spacial score (nSPS) is 29.0. The van der Waals surface area contributed by atoms with Crippen LogP contribution >= 0.6 is 15.9 Å². The van der Waals surface area contributed by atoms with Gasteiger partial charge in [0.15, 0.2) is 4.74 Å². The van der Waals surface area contributed by atoms with Gasteiger partial charge in [-0.15, -0.1) is 5.10 Å². The molecule has 0 aliphatic carbocycles. The van der Waals surface area contributed by atoms with E-state index in [0.717, 1.165) is 18.0 Å². The summed E-state index contributed by atoms with van der Waals surface area (Å²) in [6.45, 7) is 2.01. The Kier molecular flexibility index (Phi) is 3.28. The number of rotatable bonds is 1. The van der Waals surface area contributed by atoms with Crippen molar-refractivity contribution in [3.05, 3.63) is 0 Å². The third kappa shape index (κ3) is 2.20. The summed E-state index contributed by atoms with van der Waals surface area (Å²) in [6.07, 6.45) is 5.58. The molecule has 1 saturated heterocycles. The average molecular weight is 261 g/mol. The van der Waals surface area contributed by atoms with Crippen molar-refractivity contribution in [1.29, 1.82) is 0 Å². The standard InChI is InChI=1S/C9H17BrN4/c1-13-7-14(12-9(13)10)8-5-3-2-4-6-11-8/h8,11H,2-7H2,1H3. The van der Waals surface area contributed by atoms with E-state index >= 15 is 0 Å². The minimum Gasteiger partial charge on any atom is -0.333 e. The van der Waals surface area contributed by atoms with Crippen LogP contribution in [0.3, 0.4) is 0 Å². The molecule has 0 radical (unpaired) electrons. The first-order chi connectivity index (χ1) is 6.77. The molecular formula is C9H17BrN4. The second-order valence-electron chi connectivity index (χ2n) is 3.97. The predicted octanol–water partition coefficient (Wildman–Crippen LogP) is 1.35. The van der Waals surface area contributed by atoms with Crippen molar-refractivity contribution >= 4 is 20.7 Å².